The molecule has 0 aliphatic carbocycles. The number of carbonyl (C=O) groups is 3. The van der Waals surface area contributed by atoms with Crippen LogP contribution in [-0.2, 0) is 14.4 Å². The molecule has 6 heteroatoms. The Labute approximate surface area is 106 Å². The van der Waals surface area contributed by atoms with E-state index in [0.717, 1.165) is 0 Å². The second-order valence-electron chi connectivity index (χ2n) is 4.59. The molecule has 1 atom stereocenters. The number of aliphatic carboxylic acids is 1. The standard InChI is InChI=1S/C12H20N2O4/c1-3-10(12(17)18)13-11(16)9-4-6-14(7-5-9)8(2)15/h9-10H,3-7H2,1-2H3,(H,13,16)(H,17,18)/t10-/m0/s1. The van der Waals surface area contributed by atoms with Gasteiger partial charge in [-0.25, -0.2) is 4.79 Å². The van der Waals surface area contributed by atoms with Gasteiger partial charge in [0, 0.05) is 25.9 Å². The van der Waals surface area contributed by atoms with Gasteiger partial charge in [0.2, 0.25) is 11.8 Å². The quantitative estimate of drug-likeness (QED) is 0.753. The highest BCUT2D eigenvalue weighted by atomic mass is 16.4. The van der Waals surface area contributed by atoms with Gasteiger partial charge in [0.15, 0.2) is 0 Å². The molecule has 18 heavy (non-hydrogen) atoms. The highest BCUT2D eigenvalue weighted by Crippen LogP contribution is 2.17. The zero-order valence-electron chi connectivity index (χ0n) is 10.8. The van der Waals surface area contributed by atoms with Gasteiger partial charge in [-0.3, -0.25) is 9.59 Å². The monoisotopic (exact) mass is 256 g/mol. The van der Waals surface area contributed by atoms with E-state index in [1.165, 1.54) is 6.92 Å². The van der Waals surface area contributed by atoms with Gasteiger partial charge in [0.1, 0.15) is 6.04 Å². The maximum Gasteiger partial charge on any atom is 0.326 e. The molecule has 1 rings (SSSR count). The first-order chi connectivity index (χ1) is 8.45. The lowest BCUT2D eigenvalue weighted by molar-refractivity contribution is -0.143. The summed E-state index contributed by atoms with van der Waals surface area (Å²) < 4.78 is 0. The maximum absolute atomic E-state index is 11.9. The summed E-state index contributed by atoms with van der Waals surface area (Å²) in [5.41, 5.74) is 0. The first-order valence-electron chi connectivity index (χ1n) is 6.24. The van der Waals surface area contributed by atoms with E-state index in [2.05, 4.69) is 5.32 Å². The van der Waals surface area contributed by atoms with Gasteiger partial charge in [0.25, 0.3) is 0 Å². The molecule has 102 valence electrons. The van der Waals surface area contributed by atoms with Crippen molar-refractivity contribution in [3.8, 4) is 0 Å². The number of piperidine rings is 1. The van der Waals surface area contributed by atoms with Gasteiger partial charge in [-0.05, 0) is 19.3 Å². The molecule has 0 unspecified atom stereocenters. The highest BCUT2D eigenvalue weighted by molar-refractivity contribution is 5.85. The van der Waals surface area contributed by atoms with Crippen LogP contribution in [0.15, 0.2) is 0 Å². The minimum Gasteiger partial charge on any atom is -0.480 e. The van der Waals surface area contributed by atoms with Crippen LogP contribution in [0.5, 0.6) is 0 Å². The molecule has 0 aromatic heterocycles. The van der Waals surface area contributed by atoms with Crippen LogP contribution in [0.2, 0.25) is 0 Å². The van der Waals surface area contributed by atoms with E-state index in [0.29, 0.717) is 32.4 Å². The van der Waals surface area contributed by atoms with Crippen LogP contribution < -0.4 is 5.32 Å². The summed E-state index contributed by atoms with van der Waals surface area (Å²) in [7, 11) is 0. The van der Waals surface area contributed by atoms with Crippen molar-refractivity contribution in [2.24, 2.45) is 5.92 Å². The number of nitrogens with zero attached hydrogens (tertiary/aromatic N) is 1. The lowest BCUT2D eigenvalue weighted by Gasteiger charge is -2.31. The maximum atomic E-state index is 11.9. The number of carboxylic acids is 1. The fourth-order valence-corrected chi connectivity index (χ4v) is 2.08. The lowest BCUT2D eigenvalue weighted by atomic mass is 9.95. The minimum absolute atomic E-state index is 0.0193. The van der Waals surface area contributed by atoms with Crippen LogP contribution in [0.3, 0.4) is 0 Å². The van der Waals surface area contributed by atoms with Crippen molar-refractivity contribution in [1.82, 2.24) is 10.2 Å². The van der Waals surface area contributed by atoms with Gasteiger partial charge in [0.05, 0.1) is 0 Å². The van der Waals surface area contributed by atoms with Crippen molar-refractivity contribution >= 4 is 17.8 Å². The number of hydrogen-bond donors (Lipinski definition) is 2. The zero-order valence-corrected chi connectivity index (χ0v) is 10.8. The van der Waals surface area contributed by atoms with Gasteiger partial charge < -0.3 is 15.3 Å². The van der Waals surface area contributed by atoms with Crippen LogP contribution in [0.1, 0.15) is 33.1 Å². The van der Waals surface area contributed by atoms with Crippen molar-refractivity contribution in [2.45, 2.75) is 39.2 Å². The first kappa shape index (κ1) is 14.5. The van der Waals surface area contributed by atoms with E-state index in [4.69, 9.17) is 5.11 Å². The molecule has 0 bridgehead atoms. The molecule has 0 aromatic carbocycles. The number of likely N-dealkylation sites (tertiary alicyclic amines) is 1. The molecule has 0 radical (unpaired) electrons. The van der Waals surface area contributed by atoms with Crippen molar-refractivity contribution in [2.75, 3.05) is 13.1 Å². The number of nitrogens with one attached hydrogen (secondary N) is 1. The largest absolute Gasteiger partial charge is 0.480 e. The number of carboxylic acid groups (broad SMARTS) is 1. The summed E-state index contributed by atoms with van der Waals surface area (Å²) in [6, 6.07) is -0.816. The Morgan fingerprint density at radius 2 is 1.89 bits per heavy atom. The van der Waals surface area contributed by atoms with E-state index < -0.39 is 12.0 Å². The highest BCUT2D eigenvalue weighted by Gasteiger charge is 2.28. The molecule has 0 spiro atoms. The average molecular weight is 256 g/mol. The summed E-state index contributed by atoms with van der Waals surface area (Å²) in [4.78, 5) is 35.5. The summed E-state index contributed by atoms with van der Waals surface area (Å²) in [6.45, 7) is 4.37. The van der Waals surface area contributed by atoms with Crippen molar-refractivity contribution in [3.63, 3.8) is 0 Å². The van der Waals surface area contributed by atoms with Crippen LogP contribution in [0.25, 0.3) is 0 Å². The molecule has 1 heterocycles. The molecule has 1 aliphatic heterocycles. The second-order valence-corrected chi connectivity index (χ2v) is 4.59. The molecule has 0 saturated carbocycles. The Morgan fingerprint density at radius 1 is 1.33 bits per heavy atom. The number of rotatable bonds is 4. The third-order valence-corrected chi connectivity index (χ3v) is 3.33. The van der Waals surface area contributed by atoms with E-state index in [-0.39, 0.29) is 17.7 Å². The molecule has 1 fully saturated rings. The molecule has 6 nitrogen and oxygen atoms in total. The Balaban J connectivity index is 2.45. The summed E-state index contributed by atoms with van der Waals surface area (Å²) in [5.74, 6) is -1.39. The Kier molecular flexibility index (Phi) is 5.12. The Morgan fingerprint density at radius 3 is 2.28 bits per heavy atom. The third-order valence-electron chi connectivity index (χ3n) is 3.33. The van der Waals surface area contributed by atoms with Crippen molar-refractivity contribution < 1.29 is 19.5 Å². The Bertz CT molecular complexity index is 335. The lowest BCUT2D eigenvalue weighted by Crippen LogP contribution is -2.47. The fraction of sp³-hybridized carbons (Fsp3) is 0.750. The summed E-state index contributed by atoms with van der Waals surface area (Å²) >= 11 is 0. The van der Waals surface area contributed by atoms with Crippen molar-refractivity contribution in [3.05, 3.63) is 0 Å². The topological polar surface area (TPSA) is 86.7 Å². The number of hydrogen-bond acceptors (Lipinski definition) is 3. The SMILES string of the molecule is CC[C@H](NC(=O)C1CCN(C(C)=O)CC1)C(=O)O. The van der Waals surface area contributed by atoms with E-state index in [9.17, 15) is 14.4 Å². The number of amides is 2. The molecule has 0 aromatic rings. The van der Waals surface area contributed by atoms with Gasteiger partial charge in [-0.2, -0.15) is 0 Å². The average Bonchev–Trinajstić information content (AvgIpc) is 2.35. The summed E-state index contributed by atoms with van der Waals surface area (Å²) in [5, 5.41) is 11.4. The number of carbonyl (C=O) groups excluding carboxylic acids is 2. The molecular formula is C12H20N2O4. The van der Waals surface area contributed by atoms with Gasteiger partial charge in [-0.1, -0.05) is 6.92 Å². The van der Waals surface area contributed by atoms with Crippen LogP contribution >= 0.6 is 0 Å². The van der Waals surface area contributed by atoms with Crippen molar-refractivity contribution in [1.29, 1.82) is 0 Å². The predicted molar refractivity (Wildman–Crippen MR) is 64.8 cm³/mol. The minimum atomic E-state index is -1.01. The molecule has 1 saturated heterocycles. The Hall–Kier alpha value is -1.59. The van der Waals surface area contributed by atoms with E-state index in [1.54, 1.807) is 11.8 Å². The third kappa shape index (κ3) is 3.72. The smallest absolute Gasteiger partial charge is 0.326 e. The van der Waals surface area contributed by atoms with E-state index >= 15 is 0 Å². The van der Waals surface area contributed by atoms with Gasteiger partial charge >= 0.3 is 5.97 Å². The molecule has 1 aliphatic rings. The zero-order chi connectivity index (χ0) is 13.7. The molecule has 2 amide bonds. The summed E-state index contributed by atoms with van der Waals surface area (Å²) in [6.07, 6.45) is 1.57. The van der Waals surface area contributed by atoms with Crippen LogP contribution in [0, 0.1) is 5.92 Å². The second kappa shape index (κ2) is 6.37. The molecule has 2 N–H and O–H groups in total. The van der Waals surface area contributed by atoms with Crippen LogP contribution in [-0.4, -0.2) is 46.9 Å². The fourth-order valence-electron chi connectivity index (χ4n) is 2.08. The first-order valence-corrected chi connectivity index (χ1v) is 6.24. The molecular weight excluding hydrogens is 236 g/mol. The van der Waals surface area contributed by atoms with E-state index in [1.807, 2.05) is 0 Å². The van der Waals surface area contributed by atoms with Crippen LogP contribution in [0.4, 0.5) is 0 Å². The van der Waals surface area contributed by atoms with Gasteiger partial charge in [-0.15, -0.1) is 0 Å². The normalized spacial score (nSPS) is 18.2. The predicted octanol–water partition coefficient (Wildman–Crippen LogP) is 0.224.